The Labute approximate surface area is 86.2 Å². The molecule has 15 heavy (non-hydrogen) atoms. The van der Waals surface area contributed by atoms with Gasteiger partial charge in [0.2, 0.25) is 5.91 Å². The van der Waals surface area contributed by atoms with Crippen LogP contribution in [0.3, 0.4) is 0 Å². The number of anilines is 1. The number of amides is 1. The molecule has 1 aromatic heterocycles. The number of nitrogens with one attached hydrogen (secondary N) is 1. The van der Waals surface area contributed by atoms with Crippen molar-refractivity contribution < 1.29 is 14.7 Å². The number of carbonyl (C=O) groups is 2. The van der Waals surface area contributed by atoms with Gasteiger partial charge in [-0.05, 0) is 6.92 Å². The maximum absolute atomic E-state index is 11.2. The maximum atomic E-state index is 11.2. The van der Waals surface area contributed by atoms with Gasteiger partial charge in [-0.15, -0.1) is 0 Å². The van der Waals surface area contributed by atoms with E-state index in [2.05, 4.69) is 10.4 Å². The standard InChI is InChI=1S/C9H11N3O3/c1-6-7(5-12(2)11-6)10-8(13)3-4-9(14)15/h3-5H,1-2H3,(H,10,13)(H,14,15)/b4-3-. The quantitative estimate of drug-likeness (QED) is 0.701. The van der Waals surface area contributed by atoms with E-state index < -0.39 is 11.9 Å². The topological polar surface area (TPSA) is 84.2 Å². The summed E-state index contributed by atoms with van der Waals surface area (Å²) in [6, 6.07) is 0. The molecule has 0 radical (unpaired) electrons. The number of rotatable bonds is 3. The second kappa shape index (κ2) is 4.41. The van der Waals surface area contributed by atoms with Crippen LogP contribution in [-0.2, 0) is 16.6 Å². The fourth-order valence-electron chi connectivity index (χ4n) is 1.04. The first-order valence-corrected chi connectivity index (χ1v) is 4.21. The van der Waals surface area contributed by atoms with Gasteiger partial charge < -0.3 is 10.4 Å². The highest BCUT2D eigenvalue weighted by molar-refractivity contribution is 6.02. The van der Waals surface area contributed by atoms with Crippen LogP contribution in [-0.4, -0.2) is 26.8 Å². The van der Waals surface area contributed by atoms with Gasteiger partial charge in [0.1, 0.15) is 0 Å². The lowest BCUT2D eigenvalue weighted by molar-refractivity contribution is -0.131. The highest BCUT2D eigenvalue weighted by Gasteiger charge is 2.05. The number of carboxylic acids is 1. The summed E-state index contributed by atoms with van der Waals surface area (Å²) in [7, 11) is 1.73. The van der Waals surface area contributed by atoms with Crippen molar-refractivity contribution in [3.63, 3.8) is 0 Å². The summed E-state index contributed by atoms with van der Waals surface area (Å²) in [6.07, 6.45) is 3.37. The number of hydrogen-bond acceptors (Lipinski definition) is 3. The first-order valence-electron chi connectivity index (χ1n) is 4.21. The van der Waals surface area contributed by atoms with Crippen molar-refractivity contribution in [1.82, 2.24) is 9.78 Å². The molecule has 0 spiro atoms. The van der Waals surface area contributed by atoms with Crippen molar-refractivity contribution in [2.24, 2.45) is 7.05 Å². The number of aromatic nitrogens is 2. The zero-order valence-corrected chi connectivity index (χ0v) is 8.39. The summed E-state index contributed by atoms with van der Waals surface area (Å²) in [5, 5.41) is 14.8. The molecule has 0 fully saturated rings. The third-order valence-corrected chi connectivity index (χ3v) is 1.65. The molecule has 2 N–H and O–H groups in total. The molecule has 0 aliphatic heterocycles. The van der Waals surface area contributed by atoms with Crippen LogP contribution < -0.4 is 5.32 Å². The molecule has 0 aliphatic carbocycles. The summed E-state index contributed by atoms with van der Waals surface area (Å²) in [5.41, 5.74) is 1.24. The minimum Gasteiger partial charge on any atom is -0.478 e. The van der Waals surface area contributed by atoms with Crippen molar-refractivity contribution in [3.8, 4) is 0 Å². The molecule has 1 amide bonds. The Hall–Kier alpha value is -2.11. The Morgan fingerprint density at radius 3 is 2.67 bits per heavy atom. The molecule has 1 rings (SSSR count). The monoisotopic (exact) mass is 209 g/mol. The molecule has 0 saturated carbocycles. The number of carboxylic acid groups (broad SMARTS) is 1. The van der Waals surface area contributed by atoms with Crippen LogP contribution in [0.1, 0.15) is 5.69 Å². The second-order valence-electron chi connectivity index (χ2n) is 2.96. The average Bonchev–Trinajstić information content (AvgIpc) is 2.42. The normalized spacial score (nSPS) is 10.5. The maximum Gasteiger partial charge on any atom is 0.328 e. The predicted octanol–water partition coefficient (Wildman–Crippen LogP) is 0.308. The van der Waals surface area contributed by atoms with Crippen molar-refractivity contribution >= 4 is 17.6 Å². The molecule has 0 saturated heterocycles. The van der Waals surface area contributed by atoms with Gasteiger partial charge in [-0.2, -0.15) is 5.10 Å². The molecular formula is C9H11N3O3. The van der Waals surface area contributed by atoms with Crippen molar-refractivity contribution in [2.75, 3.05) is 5.32 Å². The minimum atomic E-state index is -1.16. The largest absolute Gasteiger partial charge is 0.478 e. The highest BCUT2D eigenvalue weighted by atomic mass is 16.4. The van der Waals surface area contributed by atoms with Crippen LogP contribution >= 0.6 is 0 Å². The number of hydrogen-bond donors (Lipinski definition) is 2. The average molecular weight is 209 g/mol. The van der Waals surface area contributed by atoms with Gasteiger partial charge >= 0.3 is 5.97 Å². The first-order chi connectivity index (χ1) is 6.99. The van der Waals surface area contributed by atoms with Gasteiger partial charge in [0, 0.05) is 25.4 Å². The first kappa shape index (κ1) is 11.0. The van der Waals surface area contributed by atoms with Gasteiger partial charge in [-0.3, -0.25) is 9.48 Å². The molecule has 6 heteroatoms. The van der Waals surface area contributed by atoms with E-state index in [9.17, 15) is 9.59 Å². The minimum absolute atomic E-state index is 0.492. The highest BCUT2D eigenvalue weighted by Crippen LogP contribution is 2.10. The Morgan fingerprint density at radius 2 is 2.20 bits per heavy atom. The Balaban J connectivity index is 2.66. The lowest BCUT2D eigenvalue weighted by Gasteiger charge is -1.97. The zero-order valence-electron chi connectivity index (χ0n) is 8.39. The Bertz CT molecular complexity index is 420. The smallest absolute Gasteiger partial charge is 0.328 e. The molecule has 0 aromatic carbocycles. The van der Waals surface area contributed by atoms with Crippen molar-refractivity contribution in [3.05, 3.63) is 24.0 Å². The van der Waals surface area contributed by atoms with Crippen LogP contribution in [0.4, 0.5) is 5.69 Å². The molecule has 0 atom stereocenters. The van der Waals surface area contributed by atoms with Crippen molar-refractivity contribution in [1.29, 1.82) is 0 Å². The number of aryl methyl sites for hydroxylation is 2. The predicted molar refractivity (Wildman–Crippen MR) is 53.4 cm³/mol. The number of carbonyl (C=O) groups excluding carboxylic acids is 1. The van der Waals surface area contributed by atoms with Crippen LogP contribution in [0, 0.1) is 6.92 Å². The van der Waals surface area contributed by atoms with Gasteiger partial charge in [0.25, 0.3) is 0 Å². The summed E-state index contributed by atoms with van der Waals surface area (Å²) in [4.78, 5) is 21.3. The van der Waals surface area contributed by atoms with Crippen LogP contribution in [0.25, 0.3) is 0 Å². The SMILES string of the molecule is Cc1nn(C)cc1NC(=O)/C=C\C(=O)O. The summed E-state index contributed by atoms with van der Waals surface area (Å²) in [6.45, 7) is 1.75. The second-order valence-corrected chi connectivity index (χ2v) is 2.96. The summed E-state index contributed by atoms with van der Waals surface area (Å²) in [5.74, 6) is -1.65. The third kappa shape index (κ3) is 3.26. The molecule has 6 nitrogen and oxygen atoms in total. The van der Waals surface area contributed by atoms with Crippen LogP contribution in [0.2, 0.25) is 0 Å². The molecule has 80 valence electrons. The number of nitrogens with zero attached hydrogens (tertiary/aromatic N) is 2. The zero-order chi connectivity index (χ0) is 11.4. The lowest BCUT2D eigenvalue weighted by atomic mass is 10.4. The molecule has 1 heterocycles. The van der Waals surface area contributed by atoms with E-state index in [-0.39, 0.29) is 0 Å². The van der Waals surface area contributed by atoms with E-state index in [4.69, 9.17) is 5.11 Å². The van der Waals surface area contributed by atoms with Gasteiger partial charge in [0.05, 0.1) is 11.4 Å². The molecule has 0 aliphatic rings. The van der Waals surface area contributed by atoms with E-state index in [0.717, 1.165) is 12.2 Å². The fraction of sp³-hybridized carbons (Fsp3) is 0.222. The third-order valence-electron chi connectivity index (χ3n) is 1.65. The molecular weight excluding hydrogens is 198 g/mol. The summed E-state index contributed by atoms with van der Waals surface area (Å²) >= 11 is 0. The Morgan fingerprint density at radius 1 is 1.53 bits per heavy atom. The molecule has 0 unspecified atom stereocenters. The Kier molecular flexibility index (Phi) is 3.22. The molecule has 1 aromatic rings. The number of aliphatic carboxylic acids is 1. The summed E-state index contributed by atoms with van der Waals surface area (Å²) < 4.78 is 1.56. The van der Waals surface area contributed by atoms with Gasteiger partial charge in [-0.1, -0.05) is 0 Å². The van der Waals surface area contributed by atoms with E-state index >= 15 is 0 Å². The van der Waals surface area contributed by atoms with Gasteiger partial charge in [-0.25, -0.2) is 4.79 Å². The molecule has 0 bridgehead atoms. The van der Waals surface area contributed by atoms with Crippen LogP contribution in [0.15, 0.2) is 18.3 Å². The van der Waals surface area contributed by atoms with Gasteiger partial charge in [0.15, 0.2) is 0 Å². The lowest BCUT2D eigenvalue weighted by Crippen LogP contribution is -2.08. The van der Waals surface area contributed by atoms with Crippen LogP contribution in [0.5, 0.6) is 0 Å². The van der Waals surface area contributed by atoms with E-state index in [0.29, 0.717) is 11.4 Å². The van der Waals surface area contributed by atoms with E-state index in [1.165, 1.54) is 0 Å². The van der Waals surface area contributed by atoms with Crippen molar-refractivity contribution in [2.45, 2.75) is 6.92 Å². The van der Waals surface area contributed by atoms with E-state index in [1.807, 2.05) is 0 Å². The van der Waals surface area contributed by atoms with E-state index in [1.54, 1.807) is 24.9 Å². The fourth-order valence-corrected chi connectivity index (χ4v) is 1.04.